The number of fused-ring (bicyclic) bond motifs is 1. The summed E-state index contributed by atoms with van der Waals surface area (Å²) in [6.07, 6.45) is 7.67. The lowest BCUT2D eigenvalue weighted by Crippen LogP contribution is -2.55. The Labute approximate surface area is 293 Å². The highest BCUT2D eigenvalue weighted by Crippen LogP contribution is 2.48. The van der Waals surface area contributed by atoms with Gasteiger partial charge in [-0.3, -0.25) is 24.1 Å². The van der Waals surface area contributed by atoms with Gasteiger partial charge in [-0.15, -0.1) is 0 Å². The zero-order chi connectivity index (χ0) is 35.5. The number of hydrogen-bond donors (Lipinski definition) is 3. The van der Waals surface area contributed by atoms with Crippen LogP contribution in [0.3, 0.4) is 0 Å². The summed E-state index contributed by atoms with van der Waals surface area (Å²) < 4.78 is 4.77. The summed E-state index contributed by atoms with van der Waals surface area (Å²) in [6.45, 7) is 4.34. The number of anilines is 3. The molecule has 0 radical (unpaired) electrons. The van der Waals surface area contributed by atoms with Crippen LogP contribution in [0.1, 0.15) is 63.9 Å². The molecule has 0 saturated carbocycles. The zero-order valence-corrected chi connectivity index (χ0v) is 29.1. The van der Waals surface area contributed by atoms with Crippen molar-refractivity contribution in [3.05, 3.63) is 66.2 Å². The number of carbonyl (C=O) groups is 4. The van der Waals surface area contributed by atoms with Crippen LogP contribution in [0.2, 0.25) is 0 Å². The Morgan fingerprint density at radius 3 is 2.54 bits per heavy atom. The molecule has 268 valence electrons. The first-order valence-electron chi connectivity index (χ1n) is 17.8. The first-order chi connectivity index (χ1) is 24.2. The van der Waals surface area contributed by atoms with Crippen LogP contribution in [0.4, 0.5) is 17.1 Å². The van der Waals surface area contributed by atoms with E-state index < -0.39 is 23.0 Å². The predicted octanol–water partition coefficient (Wildman–Crippen LogP) is 3.06. The number of amides is 3. The minimum absolute atomic E-state index is 0.00937. The molecule has 2 aromatic carbocycles. The first-order valence-corrected chi connectivity index (χ1v) is 17.8. The molecule has 2 aromatic rings. The Balaban J connectivity index is 1.30. The fraction of sp³-hybridized carbons (Fsp3) is 0.526. The number of carbonyl (C=O) groups excluding carboxylic acids is 4. The molecule has 0 unspecified atom stereocenters. The number of piperidine rings is 1. The van der Waals surface area contributed by atoms with Gasteiger partial charge in [0.1, 0.15) is 5.54 Å². The van der Waals surface area contributed by atoms with Crippen LogP contribution < -0.4 is 20.0 Å². The highest BCUT2D eigenvalue weighted by atomic mass is 16.5. The number of methoxy groups -OCH3 is 1. The van der Waals surface area contributed by atoms with Crippen LogP contribution >= 0.6 is 0 Å². The van der Waals surface area contributed by atoms with Crippen molar-refractivity contribution in [3.63, 3.8) is 0 Å². The van der Waals surface area contributed by atoms with Gasteiger partial charge >= 0.3 is 5.97 Å². The quantitative estimate of drug-likeness (QED) is 0.174. The number of nitrogens with one attached hydrogen (secondary N) is 1. The average molecular weight is 688 g/mol. The van der Waals surface area contributed by atoms with Gasteiger partial charge in [0.05, 0.1) is 32.1 Å². The van der Waals surface area contributed by atoms with Crippen molar-refractivity contribution in [2.24, 2.45) is 5.92 Å². The number of ether oxygens (including phenoxy) is 1. The number of unbranched alkanes of at least 4 members (excludes halogenated alkanes) is 1. The van der Waals surface area contributed by atoms with Crippen molar-refractivity contribution in [1.82, 2.24) is 10.2 Å². The molecular weight excluding hydrogens is 638 g/mol. The third kappa shape index (κ3) is 6.40. The van der Waals surface area contributed by atoms with Crippen molar-refractivity contribution in [3.8, 4) is 0 Å². The maximum Gasteiger partial charge on any atom is 0.305 e. The van der Waals surface area contributed by atoms with Gasteiger partial charge in [-0.1, -0.05) is 37.3 Å². The molecule has 3 fully saturated rings. The van der Waals surface area contributed by atoms with Crippen LogP contribution in [0.25, 0.3) is 0 Å². The SMILES string of the molecule is COC(=O)CCCCN1C(=O)[C@@](O)([C@@H](C)/C=C/CC(=O)N2CCC[C@H]2CO)c2cc(N3CN(c4ccccc4)C4(CCNCC4)C3=O)ccc21. The summed E-state index contributed by atoms with van der Waals surface area (Å²) in [7, 11) is 1.34. The number of esters is 1. The minimum atomic E-state index is -1.96. The van der Waals surface area contributed by atoms with E-state index in [1.54, 1.807) is 45.9 Å². The normalized spacial score (nSPS) is 23.7. The molecule has 3 N–H and O–H groups in total. The van der Waals surface area contributed by atoms with Gasteiger partial charge in [0.2, 0.25) is 5.91 Å². The number of aliphatic hydroxyl groups is 2. The van der Waals surface area contributed by atoms with Crippen molar-refractivity contribution in [1.29, 1.82) is 0 Å². The highest BCUT2D eigenvalue weighted by Gasteiger charge is 2.55. The summed E-state index contributed by atoms with van der Waals surface area (Å²) in [5.74, 6) is -1.63. The van der Waals surface area contributed by atoms with E-state index in [4.69, 9.17) is 4.74 Å². The van der Waals surface area contributed by atoms with E-state index in [9.17, 15) is 29.4 Å². The Morgan fingerprint density at radius 1 is 1.06 bits per heavy atom. The molecule has 12 nitrogen and oxygen atoms in total. The molecule has 3 amide bonds. The van der Waals surface area contributed by atoms with Crippen LogP contribution in [0, 0.1) is 5.92 Å². The number of rotatable bonds is 12. The topological polar surface area (TPSA) is 143 Å². The van der Waals surface area contributed by atoms with E-state index >= 15 is 0 Å². The second-order valence-corrected chi connectivity index (χ2v) is 13.9. The predicted molar refractivity (Wildman–Crippen MR) is 189 cm³/mol. The third-order valence-corrected chi connectivity index (χ3v) is 11.0. The standard InChI is InChI=1S/C38H49N5O7/c1-27(10-8-14-33(45)40-23-9-13-30(40)25-44)38(49)31-24-29(16-17-32(31)41(36(38)48)22-7-6-15-34(46)50-2)42-26-43(28-11-4-3-5-12-28)37(35(42)47)18-20-39-21-19-37/h3-5,8,10-12,16-17,24,27,30,39,44,49H,6-7,9,13-15,18-23,25-26H2,1-2H3/b10-8+/t27-,30-,38+/m0/s1. The monoisotopic (exact) mass is 687 g/mol. The molecule has 4 aliphatic heterocycles. The smallest absolute Gasteiger partial charge is 0.305 e. The Morgan fingerprint density at radius 2 is 1.82 bits per heavy atom. The minimum Gasteiger partial charge on any atom is -0.469 e. The van der Waals surface area contributed by atoms with E-state index in [1.807, 2.05) is 36.4 Å². The molecule has 1 spiro atoms. The lowest BCUT2D eigenvalue weighted by atomic mass is 9.82. The van der Waals surface area contributed by atoms with Gasteiger partial charge in [0, 0.05) is 48.8 Å². The molecule has 3 atom stereocenters. The molecular formula is C38H49N5O7. The number of para-hydroxylation sites is 1. The molecule has 0 aromatic heterocycles. The molecule has 12 heteroatoms. The molecule has 3 saturated heterocycles. The van der Waals surface area contributed by atoms with Crippen molar-refractivity contribution < 1.29 is 34.1 Å². The van der Waals surface area contributed by atoms with Crippen LogP contribution in [0.15, 0.2) is 60.7 Å². The number of aliphatic hydroxyl groups excluding tert-OH is 1. The van der Waals surface area contributed by atoms with Gasteiger partial charge in [0.25, 0.3) is 11.8 Å². The molecule has 4 aliphatic rings. The Hall–Kier alpha value is -4.26. The lowest BCUT2D eigenvalue weighted by molar-refractivity contribution is -0.140. The summed E-state index contributed by atoms with van der Waals surface area (Å²) in [5, 5.41) is 25.5. The molecule has 0 bridgehead atoms. The molecule has 50 heavy (non-hydrogen) atoms. The van der Waals surface area contributed by atoms with Gasteiger partial charge in [0.15, 0.2) is 5.60 Å². The van der Waals surface area contributed by atoms with Gasteiger partial charge in [-0.05, 0) is 81.9 Å². The zero-order valence-electron chi connectivity index (χ0n) is 29.1. The Bertz CT molecular complexity index is 1610. The van der Waals surface area contributed by atoms with Crippen LogP contribution in [0.5, 0.6) is 0 Å². The van der Waals surface area contributed by atoms with E-state index in [2.05, 4.69) is 10.2 Å². The molecule has 4 heterocycles. The number of hydrogen-bond acceptors (Lipinski definition) is 9. The summed E-state index contributed by atoms with van der Waals surface area (Å²) in [6, 6.07) is 15.2. The van der Waals surface area contributed by atoms with Crippen molar-refractivity contribution >= 4 is 40.8 Å². The van der Waals surface area contributed by atoms with E-state index in [0.717, 1.165) is 31.6 Å². The van der Waals surface area contributed by atoms with E-state index in [0.29, 0.717) is 55.8 Å². The molecule has 0 aliphatic carbocycles. The average Bonchev–Trinajstić information content (AvgIpc) is 3.79. The summed E-state index contributed by atoms with van der Waals surface area (Å²) >= 11 is 0. The fourth-order valence-electron chi connectivity index (χ4n) is 8.12. The van der Waals surface area contributed by atoms with Gasteiger partial charge < -0.3 is 35.0 Å². The second-order valence-electron chi connectivity index (χ2n) is 13.9. The Kier molecular flexibility index (Phi) is 10.6. The maximum absolute atomic E-state index is 14.4. The second kappa shape index (κ2) is 14.9. The third-order valence-electron chi connectivity index (χ3n) is 11.0. The van der Waals surface area contributed by atoms with Gasteiger partial charge in [-0.2, -0.15) is 0 Å². The van der Waals surface area contributed by atoms with Crippen molar-refractivity contribution in [2.45, 2.75) is 75.5 Å². The molecule has 6 rings (SSSR count). The number of nitrogens with zero attached hydrogens (tertiary/aromatic N) is 4. The van der Waals surface area contributed by atoms with Crippen molar-refractivity contribution in [2.75, 3.05) is 61.3 Å². The lowest BCUT2D eigenvalue weighted by Gasteiger charge is -2.39. The first kappa shape index (κ1) is 35.6. The maximum atomic E-state index is 14.4. The fourth-order valence-corrected chi connectivity index (χ4v) is 8.12. The highest BCUT2D eigenvalue weighted by molar-refractivity contribution is 6.10. The van der Waals surface area contributed by atoms with Crippen LogP contribution in [-0.4, -0.2) is 96.9 Å². The van der Waals surface area contributed by atoms with Crippen LogP contribution in [-0.2, 0) is 29.5 Å². The van der Waals surface area contributed by atoms with E-state index in [1.165, 1.54) is 7.11 Å². The van der Waals surface area contributed by atoms with Gasteiger partial charge in [-0.25, -0.2) is 0 Å². The number of likely N-dealkylation sites (tertiary alicyclic amines) is 1. The largest absolute Gasteiger partial charge is 0.469 e. The number of benzene rings is 2. The summed E-state index contributed by atoms with van der Waals surface area (Å²) in [5.41, 5.74) is -0.148. The van der Waals surface area contributed by atoms with E-state index in [-0.39, 0.29) is 49.8 Å². The summed E-state index contributed by atoms with van der Waals surface area (Å²) in [4.78, 5) is 60.5.